The number of para-hydroxylation sites is 1. The molecule has 0 bridgehead atoms. The number of halogens is 1. The van der Waals surface area contributed by atoms with Crippen molar-refractivity contribution in [1.29, 1.82) is 0 Å². The van der Waals surface area contributed by atoms with E-state index in [9.17, 15) is 14.0 Å². The molecule has 4 nitrogen and oxygen atoms in total. The molecule has 0 radical (unpaired) electrons. The number of hydrogen-bond donors (Lipinski definition) is 2. The molecule has 2 N–H and O–H groups in total. The highest BCUT2D eigenvalue weighted by Gasteiger charge is 2.18. The molecule has 0 aliphatic carbocycles. The van der Waals surface area contributed by atoms with Crippen molar-refractivity contribution in [3.8, 4) is 0 Å². The van der Waals surface area contributed by atoms with Gasteiger partial charge in [-0.25, -0.2) is 4.39 Å². The first-order valence-electron chi connectivity index (χ1n) is 7.91. The summed E-state index contributed by atoms with van der Waals surface area (Å²) in [5, 5.41) is 5.57. The maximum atomic E-state index is 12.9. The average Bonchev–Trinajstić information content (AvgIpc) is 2.53. The third kappa shape index (κ3) is 5.88. The van der Waals surface area contributed by atoms with Crippen LogP contribution in [-0.2, 0) is 4.79 Å². The lowest BCUT2D eigenvalue weighted by Gasteiger charge is -2.21. The molecule has 2 rings (SSSR count). The van der Waals surface area contributed by atoms with Crippen LogP contribution >= 0.6 is 0 Å². The Morgan fingerprint density at radius 1 is 1.00 bits per heavy atom. The van der Waals surface area contributed by atoms with Gasteiger partial charge in [0.15, 0.2) is 0 Å². The van der Waals surface area contributed by atoms with Gasteiger partial charge in [0.2, 0.25) is 5.91 Å². The summed E-state index contributed by atoms with van der Waals surface area (Å²) in [6, 6.07) is 12.6. The van der Waals surface area contributed by atoms with Gasteiger partial charge < -0.3 is 10.6 Å². The van der Waals surface area contributed by atoms with E-state index in [2.05, 4.69) is 10.6 Å². The Labute approximate surface area is 146 Å². The second-order valence-electron chi connectivity index (χ2n) is 6.62. The normalized spacial score (nSPS) is 11.4. The molecule has 5 heteroatoms. The zero-order valence-electron chi connectivity index (χ0n) is 14.5. The molecule has 0 aromatic heterocycles. The van der Waals surface area contributed by atoms with E-state index in [-0.39, 0.29) is 23.2 Å². The van der Waals surface area contributed by atoms with Gasteiger partial charge in [-0.1, -0.05) is 24.3 Å². The summed E-state index contributed by atoms with van der Waals surface area (Å²) in [7, 11) is 0. The zero-order valence-corrected chi connectivity index (χ0v) is 14.5. The SMILES string of the molecule is CC(C)(C)NC(=O)c1ccccc1NC(=O)/C=C/c1ccc(F)cc1. The van der Waals surface area contributed by atoms with Crippen LogP contribution in [0.3, 0.4) is 0 Å². The van der Waals surface area contributed by atoms with E-state index >= 15 is 0 Å². The Hall–Kier alpha value is -2.95. The van der Waals surface area contributed by atoms with Gasteiger partial charge in [0.1, 0.15) is 5.82 Å². The van der Waals surface area contributed by atoms with Gasteiger partial charge in [-0.05, 0) is 56.7 Å². The van der Waals surface area contributed by atoms with Crippen molar-refractivity contribution in [3.05, 3.63) is 71.6 Å². The predicted molar refractivity (Wildman–Crippen MR) is 97.7 cm³/mol. The lowest BCUT2D eigenvalue weighted by molar-refractivity contribution is -0.111. The second kappa shape index (κ2) is 7.75. The van der Waals surface area contributed by atoms with Gasteiger partial charge in [-0.15, -0.1) is 0 Å². The van der Waals surface area contributed by atoms with Gasteiger partial charge in [-0.3, -0.25) is 9.59 Å². The number of carbonyl (C=O) groups is 2. The number of carbonyl (C=O) groups excluding carboxylic acids is 2. The third-order valence-corrected chi connectivity index (χ3v) is 3.22. The van der Waals surface area contributed by atoms with Crippen LogP contribution in [0.25, 0.3) is 6.08 Å². The van der Waals surface area contributed by atoms with Gasteiger partial charge in [0.25, 0.3) is 5.91 Å². The van der Waals surface area contributed by atoms with Crippen molar-refractivity contribution in [3.63, 3.8) is 0 Å². The molecule has 0 heterocycles. The van der Waals surface area contributed by atoms with E-state index in [4.69, 9.17) is 0 Å². The van der Waals surface area contributed by atoms with Crippen molar-refractivity contribution < 1.29 is 14.0 Å². The summed E-state index contributed by atoms with van der Waals surface area (Å²) in [6.07, 6.45) is 2.91. The molecule has 2 amide bonds. The predicted octanol–water partition coefficient (Wildman–Crippen LogP) is 4.01. The molecule has 0 fully saturated rings. The fourth-order valence-corrected chi connectivity index (χ4v) is 2.12. The minimum atomic E-state index is -0.378. The summed E-state index contributed by atoms with van der Waals surface area (Å²) >= 11 is 0. The molecule has 2 aromatic rings. The minimum Gasteiger partial charge on any atom is -0.347 e. The fourth-order valence-electron chi connectivity index (χ4n) is 2.12. The van der Waals surface area contributed by atoms with Crippen molar-refractivity contribution in [2.24, 2.45) is 0 Å². The first-order valence-corrected chi connectivity index (χ1v) is 7.91. The standard InChI is InChI=1S/C20H21FN2O2/c1-20(2,3)23-19(25)16-6-4-5-7-17(16)22-18(24)13-10-14-8-11-15(21)12-9-14/h4-13H,1-3H3,(H,22,24)(H,23,25)/b13-10+. The number of nitrogens with one attached hydrogen (secondary N) is 2. The van der Waals surface area contributed by atoms with Gasteiger partial charge in [0.05, 0.1) is 11.3 Å². The monoisotopic (exact) mass is 340 g/mol. The Morgan fingerprint density at radius 2 is 1.64 bits per heavy atom. The molecule has 0 saturated heterocycles. The van der Waals surface area contributed by atoms with Crippen molar-refractivity contribution in [2.45, 2.75) is 26.3 Å². The topological polar surface area (TPSA) is 58.2 Å². The molecule has 0 atom stereocenters. The van der Waals surface area contributed by atoms with E-state index < -0.39 is 0 Å². The Balaban J connectivity index is 2.10. The Morgan fingerprint density at radius 3 is 2.28 bits per heavy atom. The first kappa shape index (κ1) is 18.4. The summed E-state index contributed by atoms with van der Waals surface area (Å²) in [5.41, 5.74) is 1.14. The zero-order chi connectivity index (χ0) is 18.4. The number of anilines is 1. The summed E-state index contributed by atoms with van der Waals surface area (Å²) < 4.78 is 12.9. The number of benzene rings is 2. The summed E-state index contributed by atoms with van der Waals surface area (Å²) in [4.78, 5) is 24.5. The number of amides is 2. The van der Waals surface area contributed by atoms with Crippen molar-refractivity contribution in [1.82, 2.24) is 5.32 Å². The molecule has 0 aliphatic heterocycles. The molecular formula is C20H21FN2O2. The van der Waals surface area contributed by atoms with Crippen LogP contribution in [-0.4, -0.2) is 17.4 Å². The quantitative estimate of drug-likeness (QED) is 0.826. The lowest BCUT2D eigenvalue weighted by Crippen LogP contribution is -2.40. The van der Waals surface area contributed by atoms with Gasteiger partial charge in [0, 0.05) is 11.6 Å². The number of hydrogen-bond acceptors (Lipinski definition) is 2. The lowest BCUT2D eigenvalue weighted by atomic mass is 10.1. The molecule has 25 heavy (non-hydrogen) atoms. The highest BCUT2D eigenvalue weighted by molar-refractivity contribution is 6.07. The van der Waals surface area contributed by atoms with E-state index in [1.807, 2.05) is 20.8 Å². The smallest absolute Gasteiger partial charge is 0.253 e. The van der Waals surface area contributed by atoms with Crippen LogP contribution in [0.1, 0.15) is 36.7 Å². The molecule has 0 spiro atoms. The second-order valence-corrected chi connectivity index (χ2v) is 6.62. The minimum absolute atomic E-state index is 0.258. The fraction of sp³-hybridized carbons (Fsp3) is 0.200. The highest BCUT2D eigenvalue weighted by atomic mass is 19.1. The third-order valence-electron chi connectivity index (χ3n) is 3.22. The Kier molecular flexibility index (Phi) is 5.70. The van der Waals surface area contributed by atoms with Crippen LogP contribution in [0.15, 0.2) is 54.6 Å². The Bertz CT molecular complexity index is 790. The maximum Gasteiger partial charge on any atom is 0.253 e. The highest BCUT2D eigenvalue weighted by Crippen LogP contribution is 2.16. The first-order chi connectivity index (χ1) is 11.7. The van der Waals surface area contributed by atoms with Crippen LogP contribution in [0.2, 0.25) is 0 Å². The maximum absolute atomic E-state index is 12.9. The van der Waals surface area contributed by atoms with E-state index in [0.29, 0.717) is 16.8 Å². The average molecular weight is 340 g/mol. The molecular weight excluding hydrogens is 319 g/mol. The summed E-state index contributed by atoms with van der Waals surface area (Å²) in [6.45, 7) is 5.66. The van der Waals surface area contributed by atoms with Gasteiger partial charge in [-0.2, -0.15) is 0 Å². The van der Waals surface area contributed by atoms with Crippen LogP contribution in [0, 0.1) is 5.82 Å². The summed E-state index contributed by atoms with van der Waals surface area (Å²) in [5.74, 6) is -0.966. The van der Waals surface area contributed by atoms with Crippen LogP contribution in [0.4, 0.5) is 10.1 Å². The van der Waals surface area contributed by atoms with Gasteiger partial charge >= 0.3 is 0 Å². The van der Waals surface area contributed by atoms with E-state index in [0.717, 1.165) is 0 Å². The molecule has 0 aliphatic rings. The van der Waals surface area contributed by atoms with E-state index in [1.165, 1.54) is 18.2 Å². The van der Waals surface area contributed by atoms with Crippen LogP contribution in [0.5, 0.6) is 0 Å². The largest absolute Gasteiger partial charge is 0.347 e. The molecule has 130 valence electrons. The van der Waals surface area contributed by atoms with E-state index in [1.54, 1.807) is 42.5 Å². The molecule has 0 saturated carbocycles. The van der Waals surface area contributed by atoms with Crippen LogP contribution < -0.4 is 10.6 Å². The number of rotatable bonds is 4. The van der Waals surface area contributed by atoms with Crippen molar-refractivity contribution in [2.75, 3.05) is 5.32 Å². The molecule has 0 unspecified atom stereocenters. The molecule has 2 aromatic carbocycles. The van der Waals surface area contributed by atoms with Crippen molar-refractivity contribution >= 4 is 23.6 Å².